The van der Waals surface area contributed by atoms with Crippen LogP contribution in [0.4, 0.5) is 0 Å². The number of carbonyl (C=O) groups excluding carboxylic acids is 15. The number of guanidine groups is 3. The van der Waals surface area contributed by atoms with Crippen LogP contribution in [0.25, 0.3) is 0 Å². The molecule has 0 saturated carbocycles. The average molecular weight is 2110 g/mol. The molecule has 0 fully saturated rings. The highest BCUT2D eigenvalue weighted by atomic mass is 16.4. The van der Waals surface area contributed by atoms with Gasteiger partial charge >= 0.3 is 11.9 Å². The van der Waals surface area contributed by atoms with Crippen molar-refractivity contribution in [2.24, 2.45) is 69.7 Å². The van der Waals surface area contributed by atoms with E-state index in [4.69, 9.17) is 56.4 Å². The minimum atomic E-state index is -1.72. The molecular formula is C97H164N34O19. The van der Waals surface area contributed by atoms with E-state index in [0.29, 0.717) is 44.2 Å². The standard InChI is InChI=1S/C97H164N34O19/c1-53(2)39-69(123-82(137)65(28-20-36-111-95(102)103)119-90(145)73(44-59-47-108-50-114-59)126-84(139)68(31-32-77(132)133)122-81(136)64(27-16-19-35-100)118-80(135)63(26-15-18-34-99)117-79(134)62(101)25-14-17-33-98)86(141)124-70(40-54(3)4)87(142)127-74(45-60-48-109-51-115-60)92(147)121-67(30-22-38-113-97(106)107)85(140)131-78(57(9)10)93(148)129-71(41-55(5)6)88(143)125-72(43-58-23-12-11-13-24-58)89(144)128-75(46-61-49-110-52-116-61)91(146)120-66(29-21-37-112-96(104)105)83(138)130-76(94(149)150)42-56(7)8/h11-13,23-24,47-57,62-76,78H,14-22,25-46,98-101H2,1-10H3,(H,108,114)(H,109,115)(H,110,116)(H,117,134)(H,118,135)(H,119,145)(H,120,146)(H,121,147)(H,122,136)(H,123,137)(H,124,141)(H,125,143)(H,126,139)(H,127,142)(H,128,144)(H,129,148)(H,130,138)(H,131,140)(H,132,133)(H,149,150)(H4,102,103,111)(H4,104,105,112)(H4,106,107,113)/t62-,63-,64-,65-,66-,67-,68-,69-,70-,71-,72-,73-,74-,75-,76-,78-/m0/s1. The summed E-state index contributed by atoms with van der Waals surface area (Å²) in [7, 11) is 0. The van der Waals surface area contributed by atoms with Crippen molar-refractivity contribution in [3.63, 3.8) is 0 Å². The lowest BCUT2D eigenvalue weighted by Gasteiger charge is -2.30. The molecule has 0 saturated heterocycles. The van der Waals surface area contributed by atoms with Gasteiger partial charge < -0.3 is 161 Å². The van der Waals surface area contributed by atoms with Crippen molar-refractivity contribution in [3.8, 4) is 0 Å². The third kappa shape index (κ3) is 50.5. The number of carboxylic acids is 2. The van der Waals surface area contributed by atoms with Crippen molar-refractivity contribution < 1.29 is 91.7 Å². The van der Waals surface area contributed by atoms with Crippen LogP contribution in [0.15, 0.2) is 67.9 Å². The first kappa shape index (κ1) is 128. The molecule has 0 aliphatic heterocycles. The van der Waals surface area contributed by atoms with Gasteiger partial charge in [-0.3, -0.25) is 92.9 Å². The van der Waals surface area contributed by atoms with E-state index < -0.39 is 234 Å². The first-order chi connectivity index (χ1) is 71.1. The topological polar surface area (TPSA) is 887 Å². The van der Waals surface area contributed by atoms with E-state index in [9.17, 15) is 48.6 Å². The molecule has 0 spiro atoms. The number of nitrogens with one attached hydrogen (secondary N) is 24. The van der Waals surface area contributed by atoms with Crippen LogP contribution in [0.2, 0.25) is 0 Å². The number of amides is 15. The zero-order valence-electron chi connectivity index (χ0n) is 87.6. The first-order valence-electron chi connectivity index (χ1n) is 51.2. The Hall–Kier alpha value is -14.5. The Balaban J connectivity index is 1.70. The molecule has 3 aromatic heterocycles. The Morgan fingerprint density at radius 3 is 0.847 bits per heavy atom. The van der Waals surface area contributed by atoms with Gasteiger partial charge in [0.1, 0.15) is 90.6 Å². The lowest BCUT2D eigenvalue weighted by Crippen LogP contribution is -2.62. The van der Waals surface area contributed by atoms with Gasteiger partial charge in [0.05, 0.1) is 42.1 Å². The van der Waals surface area contributed by atoms with Gasteiger partial charge in [-0.2, -0.15) is 0 Å². The van der Waals surface area contributed by atoms with Crippen molar-refractivity contribution in [1.82, 2.24) is 126 Å². The molecule has 0 unspecified atom stereocenters. The molecule has 836 valence electrons. The van der Waals surface area contributed by atoms with Crippen LogP contribution in [0, 0.1) is 45.8 Å². The molecule has 3 heterocycles. The van der Waals surface area contributed by atoms with Gasteiger partial charge in [-0.25, -0.2) is 19.7 Å². The number of hydrogen-bond donors (Lipinski definition) is 33. The first-order valence-corrected chi connectivity index (χ1v) is 51.2. The van der Waals surface area contributed by atoms with E-state index in [0.717, 1.165) is 0 Å². The third-order valence-electron chi connectivity index (χ3n) is 23.9. The monoisotopic (exact) mass is 2110 g/mol. The van der Waals surface area contributed by atoms with Crippen LogP contribution >= 0.6 is 0 Å². The molecule has 53 heteroatoms. The Morgan fingerprint density at radius 2 is 0.560 bits per heavy atom. The van der Waals surface area contributed by atoms with Crippen LogP contribution in [-0.4, -0.2) is 294 Å². The molecule has 0 aliphatic rings. The van der Waals surface area contributed by atoms with E-state index in [1.807, 2.05) is 0 Å². The number of carboxylic acid groups (broad SMARTS) is 2. The molecule has 16 atom stereocenters. The molecule has 0 radical (unpaired) electrons. The number of nitrogens with zero attached hydrogens (tertiary/aromatic N) is 3. The van der Waals surface area contributed by atoms with E-state index in [1.165, 1.54) is 37.6 Å². The number of hydrogen-bond acceptors (Lipinski definition) is 27. The molecule has 40 N–H and O–H groups in total. The van der Waals surface area contributed by atoms with Gasteiger partial charge in [0.2, 0.25) is 88.6 Å². The number of aliphatic carboxylic acids is 2. The molecule has 4 rings (SSSR count). The predicted octanol–water partition coefficient (Wildman–Crippen LogP) is -4.31. The van der Waals surface area contributed by atoms with Gasteiger partial charge in [-0.15, -0.1) is 0 Å². The quantitative estimate of drug-likeness (QED) is 0.0113. The Kier molecular flexibility index (Phi) is 58.7. The van der Waals surface area contributed by atoms with Crippen molar-refractivity contribution in [2.75, 3.05) is 39.3 Å². The smallest absolute Gasteiger partial charge is 0.326 e. The number of unbranched alkanes of at least 4 members (excludes halogenated alkanes) is 3. The van der Waals surface area contributed by atoms with Crippen molar-refractivity contribution >= 4 is 118 Å². The molecule has 4 aromatic rings. The number of nitrogens with two attached hydrogens (primary N) is 7. The maximum Gasteiger partial charge on any atom is 0.326 e. The summed E-state index contributed by atoms with van der Waals surface area (Å²) in [6, 6.07) is -15.0. The number of H-pyrrole nitrogens is 3. The predicted molar refractivity (Wildman–Crippen MR) is 557 cm³/mol. The largest absolute Gasteiger partial charge is 0.481 e. The highest BCUT2D eigenvalue weighted by Gasteiger charge is 2.41. The molecule has 150 heavy (non-hydrogen) atoms. The van der Waals surface area contributed by atoms with Crippen LogP contribution in [0.3, 0.4) is 0 Å². The second kappa shape index (κ2) is 68.9. The van der Waals surface area contributed by atoms with Gasteiger partial charge in [0.25, 0.3) is 0 Å². The fourth-order valence-electron chi connectivity index (χ4n) is 16.0. The maximum atomic E-state index is 15.2. The summed E-state index contributed by atoms with van der Waals surface area (Å²) < 4.78 is 0. The normalized spacial score (nSPS) is 14.5. The second-order valence-corrected chi connectivity index (χ2v) is 39.3. The second-order valence-electron chi connectivity index (χ2n) is 39.3. The zero-order valence-corrected chi connectivity index (χ0v) is 87.6. The number of carbonyl (C=O) groups is 17. The van der Waals surface area contributed by atoms with Crippen molar-refractivity contribution in [2.45, 2.75) is 326 Å². The summed E-state index contributed by atoms with van der Waals surface area (Å²) >= 11 is 0. The molecule has 15 amide bonds. The summed E-state index contributed by atoms with van der Waals surface area (Å²) in [5.74, 6) is -19.6. The summed E-state index contributed by atoms with van der Waals surface area (Å²) in [6.07, 6.45) is 8.14. The lowest BCUT2D eigenvalue weighted by atomic mass is 9.98. The van der Waals surface area contributed by atoms with E-state index in [1.54, 1.807) is 99.6 Å². The number of aromatic amines is 3. The van der Waals surface area contributed by atoms with Gasteiger partial charge in [-0.1, -0.05) is 106 Å². The third-order valence-corrected chi connectivity index (χ3v) is 23.9. The minimum absolute atomic E-state index is 0.0129. The van der Waals surface area contributed by atoms with E-state index in [2.05, 4.69) is 126 Å². The van der Waals surface area contributed by atoms with Crippen LogP contribution in [0.5, 0.6) is 0 Å². The Labute approximate surface area is 873 Å². The van der Waals surface area contributed by atoms with Gasteiger partial charge in [-0.05, 0) is 177 Å². The Bertz CT molecular complexity index is 4910. The minimum Gasteiger partial charge on any atom is -0.481 e. The molecule has 1 aromatic carbocycles. The SMILES string of the molecule is CC(C)C[C@H](NC(=O)[C@H](CCCNC(=N)N)NC(=O)[C@H](Cc1c[nH]cn1)NC(=O)[C@H](Cc1ccccc1)NC(=O)[C@H](CC(C)C)NC(=O)[C@@H](NC(=O)[C@H](CCCNC(=N)N)NC(=O)[C@H](Cc1c[nH]cn1)NC(=O)[C@H](CC(C)C)NC(=O)[C@H](CC(C)C)NC(=O)[C@H](CCCNC(=N)N)NC(=O)[C@H](Cc1c[nH]cn1)NC(=O)[C@H](CCC(=O)O)NC(=O)[C@H](CCCCN)NC(=O)[C@H](CCCCN)NC(=O)[C@@H](N)CCCCN)C(C)C)C(=O)O. The molecule has 53 nitrogen and oxygen atoms in total. The van der Waals surface area contributed by atoms with Gasteiger partial charge in [0.15, 0.2) is 17.9 Å². The van der Waals surface area contributed by atoms with Crippen molar-refractivity contribution in [1.29, 1.82) is 16.2 Å². The van der Waals surface area contributed by atoms with E-state index in [-0.39, 0.29) is 189 Å². The number of benzene rings is 1. The molecular weight excluding hydrogens is 1950 g/mol. The summed E-state index contributed by atoms with van der Waals surface area (Å²) in [4.78, 5) is 267. The fraction of sp³-hybridized carbons (Fsp3) is 0.639. The molecule has 0 bridgehead atoms. The van der Waals surface area contributed by atoms with Crippen LogP contribution in [-0.2, 0) is 107 Å². The maximum absolute atomic E-state index is 15.2. The van der Waals surface area contributed by atoms with Crippen LogP contribution in [0.1, 0.15) is 227 Å². The summed E-state index contributed by atoms with van der Waals surface area (Å²) in [6.45, 7) is 18.1. The van der Waals surface area contributed by atoms with Gasteiger partial charge in [0, 0.05) is 70.3 Å². The highest BCUT2D eigenvalue weighted by molar-refractivity contribution is 6.01. The zero-order chi connectivity index (χ0) is 112. The number of rotatable bonds is 75. The van der Waals surface area contributed by atoms with E-state index >= 15 is 43.2 Å². The highest BCUT2D eigenvalue weighted by Crippen LogP contribution is 2.19. The van der Waals surface area contributed by atoms with Crippen molar-refractivity contribution in [3.05, 3.63) is 90.5 Å². The summed E-state index contributed by atoms with van der Waals surface area (Å²) in [5, 5.41) is 91.6. The lowest BCUT2D eigenvalue weighted by molar-refractivity contribution is -0.143. The van der Waals surface area contributed by atoms with Crippen LogP contribution < -0.4 is 136 Å². The Morgan fingerprint density at radius 1 is 0.307 bits per heavy atom. The average Bonchev–Trinajstić information content (AvgIpc) is 1.01. The fourth-order valence-corrected chi connectivity index (χ4v) is 16.0. The number of aromatic nitrogens is 6. The molecule has 0 aliphatic carbocycles. The number of imidazole rings is 3. The summed E-state index contributed by atoms with van der Waals surface area (Å²) in [5.41, 5.74) is 41.5.